The molecule has 0 aliphatic carbocycles. The van der Waals surface area contributed by atoms with Gasteiger partial charge < -0.3 is 10.0 Å². The summed E-state index contributed by atoms with van der Waals surface area (Å²) >= 11 is 0. The van der Waals surface area contributed by atoms with Crippen molar-refractivity contribution >= 4 is 16.8 Å². The van der Waals surface area contributed by atoms with Gasteiger partial charge in [-0.2, -0.15) is 0 Å². The summed E-state index contributed by atoms with van der Waals surface area (Å²) in [5.41, 5.74) is 2.00. The molecule has 1 amide bonds. The Hall–Kier alpha value is -2.86. The number of nitrogens with zero attached hydrogens (tertiary/aromatic N) is 3. The second-order valence-electron chi connectivity index (χ2n) is 6.17. The largest absolute Gasteiger partial charge is 0.391 e. The smallest absolute Gasteiger partial charge is 0.255 e. The first-order valence-electron chi connectivity index (χ1n) is 8.07. The number of pyridine rings is 2. The minimum atomic E-state index is -0.606. The van der Waals surface area contributed by atoms with E-state index in [2.05, 4.69) is 9.97 Å². The Bertz CT molecular complexity index is 924. The molecule has 5 nitrogen and oxygen atoms in total. The molecule has 126 valence electrons. The van der Waals surface area contributed by atoms with Crippen LogP contribution in [-0.4, -0.2) is 38.5 Å². The summed E-state index contributed by atoms with van der Waals surface area (Å²) in [5, 5.41) is 10.8. The van der Waals surface area contributed by atoms with Gasteiger partial charge in [0.2, 0.25) is 0 Å². The van der Waals surface area contributed by atoms with E-state index in [9.17, 15) is 14.3 Å². The van der Waals surface area contributed by atoms with Crippen molar-refractivity contribution in [1.82, 2.24) is 14.9 Å². The summed E-state index contributed by atoms with van der Waals surface area (Å²) in [6, 6.07) is 9.18. The monoisotopic (exact) mass is 337 g/mol. The predicted octanol–water partition coefficient (Wildman–Crippen LogP) is 2.72. The van der Waals surface area contributed by atoms with E-state index < -0.39 is 6.10 Å². The molecule has 1 saturated heterocycles. The molecule has 1 aliphatic heterocycles. The first-order chi connectivity index (χ1) is 12.1. The van der Waals surface area contributed by atoms with Crippen molar-refractivity contribution < 1.29 is 14.3 Å². The average Bonchev–Trinajstić information content (AvgIpc) is 3.03. The number of benzene rings is 1. The quantitative estimate of drug-likeness (QED) is 0.781. The molecule has 3 heterocycles. The van der Waals surface area contributed by atoms with Gasteiger partial charge in [-0.1, -0.05) is 12.1 Å². The highest BCUT2D eigenvalue weighted by Crippen LogP contribution is 2.34. The molecule has 6 heteroatoms. The van der Waals surface area contributed by atoms with Crippen molar-refractivity contribution in [3.8, 4) is 0 Å². The number of hydrogen-bond acceptors (Lipinski definition) is 4. The van der Waals surface area contributed by atoms with Gasteiger partial charge in [-0.25, -0.2) is 4.39 Å². The maximum absolute atomic E-state index is 13.2. The number of halogens is 1. The molecule has 3 aromatic rings. The van der Waals surface area contributed by atoms with Crippen LogP contribution in [0, 0.1) is 5.82 Å². The SMILES string of the molecule is O=C(c1ccnc2ccncc12)N1C[C@H](O)C[C@H]1c1ccc(F)cc1. The molecule has 0 bridgehead atoms. The Kier molecular flexibility index (Phi) is 3.89. The number of likely N-dealkylation sites (tertiary alicyclic amines) is 1. The lowest BCUT2D eigenvalue weighted by molar-refractivity contribution is 0.0717. The number of aromatic nitrogens is 2. The Balaban J connectivity index is 1.73. The van der Waals surface area contributed by atoms with E-state index in [1.807, 2.05) is 0 Å². The highest BCUT2D eigenvalue weighted by Gasteiger charge is 2.36. The second-order valence-corrected chi connectivity index (χ2v) is 6.17. The molecule has 0 radical (unpaired) electrons. The van der Waals surface area contributed by atoms with Crippen LogP contribution in [0.5, 0.6) is 0 Å². The van der Waals surface area contributed by atoms with Crippen molar-refractivity contribution in [2.75, 3.05) is 6.54 Å². The number of amides is 1. The number of carbonyl (C=O) groups excluding carboxylic acids is 1. The van der Waals surface area contributed by atoms with Crippen LogP contribution in [0.1, 0.15) is 28.4 Å². The molecular formula is C19H16FN3O2. The third kappa shape index (κ3) is 2.85. The normalized spacial score (nSPS) is 20.2. The van der Waals surface area contributed by atoms with E-state index in [0.29, 0.717) is 22.9 Å². The number of aliphatic hydroxyl groups excluding tert-OH is 1. The number of carbonyl (C=O) groups is 1. The minimum absolute atomic E-state index is 0.189. The van der Waals surface area contributed by atoms with Crippen molar-refractivity contribution in [3.63, 3.8) is 0 Å². The van der Waals surface area contributed by atoms with Gasteiger partial charge in [-0.15, -0.1) is 0 Å². The summed E-state index contributed by atoms with van der Waals surface area (Å²) in [4.78, 5) is 23.1. The van der Waals surface area contributed by atoms with Crippen LogP contribution >= 0.6 is 0 Å². The number of hydrogen-bond donors (Lipinski definition) is 1. The van der Waals surface area contributed by atoms with Gasteiger partial charge in [0.15, 0.2) is 0 Å². The molecule has 25 heavy (non-hydrogen) atoms. The third-order valence-electron chi connectivity index (χ3n) is 4.57. The van der Waals surface area contributed by atoms with E-state index in [1.54, 1.807) is 47.8 Å². The van der Waals surface area contributed by atoms with Crippen molar-refractivity contribution in [1.29, 1.82) is 0 Å². The molecule has 1 N–H and O–H groups in total. The van der Waals surface area contributed by atoms with Crippen LogP contribution in [0.4, 0.5) is 4.39 Å². The van der Waals surface area contributed by atoms with Gasteiger partial charge in [0.1, 0.15) is 5.82 Å². The number of fused-ring (bicyclic) bond motifs is 1. The second kappa shape index (κ2) is 6.22. The maximum Gasteiger partial charge on any atom is 0.255 e. The first-order valence-corrected chi connectivity index (χ1v) is 8.07. The fourth-order valence-corrected chi connectivity index (χ4v) is 3.37. The van der Waals surface area contributed by atoms with Gasteiger partial charge in [-0.3, -0.25) is 14.8 Å². The minimum Gasteiger partial charge on any atom is -0.391 e. The maximum atomic E-state index is 13.2. The summed E-state index contributed by atoms with van der Waals surface area (Å²) < 4.78 is 13.2. The zero-order chi connectivity index (χ0) is 17.4. The highest BCUT2D eigenvalue weighted by molar-refractivity contribution is 6.06. The van der Waals surface area contributed by atoms with Gasteiger partial charge in [0.25, 0.3) is 5.91 Å². The van der Waals surface area contributed by atoms with Crippen molar-refractivity contribution in [2.45, 2.75) is 18.6 Å². The van der Waals surface area contributed by atoms with E-state index in [4.69, 9.17) is 0 Å². The molecule has 4 rings (SSSR count). The summed E-state index contributed by atoms with van der Waals surface area (Å²) in [5.74, 6) is -0.516. The predicted molar refractivity (Wildman–Crippen MR) is 90.3 cm³/mol. The molecule has 1 fully saturated rings. The number of rotatable bonds is 2. The molecule has 0 saturated carbocycles. The number of aliphatic hydroxyl groups is 1. The molecule has 2 aromatic heterocycles. The topological polar surface area (TPSA) is 66.3 Å². The zero-order valence-electron chi connectivity index (χ0n) is 13.3. The van der Waals surface area contributed by atoms with Gasteiger partial charge >= 0.3 is 0 Å². The highest BCUT2D eigenvalue weighted by atomic mass is 19.1. The van der Waals surface area contributed by atoms with Crippen LogP contribution in [0.3, 0.4) is 0 Å². The van der Waals surface area contributed by atoms with Crippen LogP contribution in [0.25, 0.3) is 10.9 Å². The summed E-state index contributed by atoms with van der Waals surface area (Å²) in [6.07, 6.45) is 4.66. The Morgan fingerprint density at radius 2 is 1.96 bits per heavy atom. The standard InChI is InChI=1S/C19H16FN3O2/c20-13-3-1-12(2-4-13)18-9-14(24)11-23(18)19(25)15-5-8-22-17-6-7-21-10-16(15)17/h1-8,10,14,18,24H,9,11H2/t14-,18+/m1/s1. The summed E-state index contributed by atoms with van der Waals surface area (Å²) in [7, 11) is 0. The van der Waals surface area contributed by atoms with E-state index in [0.717, 1.165) is 5.56 Å². The average molecular weight is 337 g/mol. The van der Waals surface area contributed by atoms with Gasteiger partial charge in [-0.05, 0) is 36.2 Å². The fourth-order valence-electron chi connectivity index (χ4n) is 3.37. The van der Waals surface area contributed by atoms with Gasteiger partial charge in [0.05, 0.1) is 23.2 Å². The lowest BCUT2D eigenvalue weighted by atomic mass is 10.0. The number of β-amino-alcohol motifs (C(OH)–C–C–N with tert-alkyl or cyclic N) is 1. The molecule has 0 spiro atoms. The van der Waals surface area contributed by atoms with E-state index in [-0.39, 0.29) is 24.3 Å². The van der Waals surface area contributed by atoms with Crippen molar-refractivity contribution in [2.24, 2.45) is 0 Å². The van der Waals surface area contributed by atoms with E-state index in [1.165, 1.54) is 12.1 Å². The Labute approximate surface area is 143 Å². The molecule has 1 aromatic carbocycles. The Morgan fingerprint density at radius 1 is 1.16 bits per heavy atom. The molecule has 1 aliphatic rings. The lowest BCUT2D eigenvalue weighted by Crippen LogP contribution is -2.32. The fraction of sp³-hybridized carbons (Fsp3) is 0.211. The van der Waals surface area contributed by atoms with E-state index >= 15 is 0 Å². The van der Waals surface area contributed by atoms with Crippen LogP contribution in [-0.2, 0) is 0 Å². The summed E-state index contributed by atoms with van der Waals surface area (Å²) in [6.45, 7) is 0.241. The van der Waals surface area contributed by atoms with Crippen molar-refractivity contribution in [3.05, 3.63) is 71.9 Å². The van der Waals surface area contributed by atoms with Crippen LogP contribution < -0.4 is 0 Å². The Morgan fingerprint density at radius 3 is 2.76 bits per heavy atom. The van der Waals surface area contributed by atoms with Crippen LogP contribution in [0.15, 0.2) is 55.0 Å². The zero-order valence-corrected chi connectivity index (χ0v) is 13.3. The first kappa shape index (κ1) is 15.7. The van der Waals surface area contributed by atoms with Crippen LogP contribution in [0.2, 0.25) is 0 Å². The lowest BCUT2D eigenvalue weighted by Gasteiger charge is -2.25. The third-order valence-corrected chi connectivity index (χ3v) is 4.57. The molecular weight excluding hydrogens is 321 g/mol. The van der Waals surface area contributed by atoms with Gasteiger partial charge in [0, 0.05) is 30.5 Å². The molecule has 2 atom stereocenters. The molecule has 0 unspecified atom stereocenters.